The van der Waals surface area contributed by atoms with E-state index in [1.165, 1.54) is 6.20 Å². The number of pyridine rings is 1. The topological polar surface area (TPSA) is 92.0 Å². The van der Waals surface area contributed by atoms with Crippen LogP contribution in [0.15, 0.2) is 42.6 Å². The van der Waals surface area contributed by atoms with Gasteiger partial charge in [0.05, 0.1) is 26.9 Å². The first-order chi connectivity index (χ1) is 16.3. The van der Waals surface area contributed by atoms with E-state index in [9.17, 15) is 4.79 Å². The Kier molecular flexibility index (Phi) is 7.22. The number of carbonyl (C=O) groups is 1. The SMILES string of the molecule is Cc1cc(C(=O)N2C[C@H]([C@H](C)Oc3ccc(C#N)cn3)[C@@H](c3ccc(Cl)c(Cl)c3)C2)c(Cl)nn1. The van der Waals surface area contributed by atoms with Crippen LogP contribution in [0.2, 0.25) is 15.2 Å². The molecule has 1 saturated heterocycles. The quantitative estimate of drug-likeness (QED) is 0.455. The summed E-state index contributed by atoms with van der Waals surface area (Å²) in [6.45, 7) is 4.56. The van der Waals surface area contributed by atoms with Crippen molar-refractivity contribution in [2.75, 3.05) is 13.1 Å². The molecule has 3 aromatic rings. The zero-order valence-electron chi connectivity index (χ0n) is 18.4. The molecule has 10 heteroatoms. The third-order valence-electron chi connectivity index (χ3n) is 5.90. The molecule has 1 amide bonds. The van der Waals surface area contributed by atoms with E-state index in [-0.39, 0.29) is 29.0 Å². The fourth-order valence-corrected chi connectivity index (χ4v) is 4.63. The number of rotatable bonds is 5. The van der Waals surface area contributed by atoms with E-state index in [1.807, 2.05) is 25.1 Å². The lowest BCUT2D eigenvalue weighted by Crippen LogP contribution is -2.32. The number of likely N-dealkylation sites (tertiary alicyclic amines) is 1. The number of hydrogen-bond donors (Lipinski definition) is 0. The number of ether oxygens (including phenoxy) is 1. The molecule has 0 spiro atoms. The summed E-state index contributed by atoms with van der Waals surface area (Å²) in [4.78, 5) is 19.3. The molecule has 1 aliphatic rings. The summed E-state index contributed by atoms with van der Waals surface area (Å²) in [6.07, 6.45) is 1.16. The lowest BCUT2D eigenvalue weighted by atomic mass is 9.86. The first-order valence-electron chi connectivity index (χ1n) is 10.5. The Balaban J connectivity index is 1.63. The lowest BCUT2D eigenvalue weighted by Gasteiger charge is -2.25. The summed E-state index contributed by atoms with van der Waals surface area (Å²) in [5.41, 5.74) is 2.32. The average molecular weight is 517 g/mol. The maximum absolute atomic E-state index is 13.4. The fraction of sp³-hybridized carbons (Fsp3) is 0.292. The van der Waals surface area contributed by atoms with Crippen LogP contribution >= 0.6 is 34.8 Å². The lowest BCUT2D eigenvalue weighted by molar-refractivity contribution is 0.0769. The molecule has 0 bridgehead atoms. The first kappa shape index (κ1) is 24.2. The summed E-state index contributed by atoms with van der Waals surface area (Å²) < 4.78 is 6.11. The minimum atomic E-state index is -0.300. The Morgan fingerprint density at radius 2 is 1.94 bits per heavy atom. The van der Waals surface area contributed by atoms with E-state index in [4.69, 9.17) is 44.8 Å². The van der Waals surface area contributed by atoms with Gasteiger partial charge in [0.1, 0.15) is 12.2 Å². The number of nitriles is 1. The van der Waals surface area contributed by atoms with Crippen molar-refractivity contribution in [1.29, 1.82) is 5.26 Å². The monoisotopic (exact) mass is 515 g/mol. The highest BCUT2D eigenvalue weighted by molar-refractivity contribution is 6.42. The Morgan fingerprint density at radius 1 is 1.15 bits per heavy atom. The van der Waals surface area contributed by atoms with E-state index in [0.717, 1.165) is 5.56 Å². The molecule has 3 atom stereocenters. The van der Waals surface area contributed by atoms with Crippen molar-refractivity contribution < 1.29 is 9.53 Å². The van der Waals surface area contributed by atoms with Gasteiger partial charge in [0.25, 0.3) is 5.91 Å². The van der Waals surface area contributed by atoms with Gasteiger partial charge in [-0.15, -0.1) is 5.10 Å². The molecule has 1 fully saturated rings. The maximum atomic E-state index is 13.4. The van der Waals surface area contributed by atoms with Crippen LogP contribution in [0, 0.1) is 24.2 Å². The van der Waals surface area contributed by atoms with Crippen LogP contribution in [0.1, 0.15) is 40.0 Å². The van der Waals surface area contributed by atoms with Crippen molar-refractivity contribution in [1.82, 2.24) is 20.1 Å². The third-order valence-corrected chi connectivity index (χ3v) is 6.92. The first-order valence-corrected chi connectivity index (χ1v) is 11.7. The second kappa shape index (κ2) is 10.1. The molecule has 0 unspecified atom stereocenters. The van der Waals surface area contributed by atoms with E-state index in [1.54, 1.807) is 36.1 Å². The van der Waals surface area contributed by atoms with Gasteiger partial charge < -0.3 is 9.64 Å². The molecule has 3 heterocycles. The van der Waals surface area contributed by atoms with Crippen molar-refractivity contribution in [3.8, 4) is 11.9 Å². The largest absolute Gasteiger partial charge is 0.474 e. The summed E-state index contributed by atoms with van der Waals surface area (Å²) in [7, 11) is 0. The van der Waals surface area contributed by atoms with Gasteiger partial charge in [-0.1, -0.05) is 40.9 Å². The van der Waals surface area contributed by atoms with Crippen LogP contribution in [0.3, 0.4) is 0 Å². The molecule has 0 aliphatic carbocycles. The van der Waals surface area contributed by atoms with Crippen molar-refractivity contribution in [3.05, 3.63) is 80.2 Å². The number of benzene rings is 1. The van der Waals surface area contributed by atoms with Crippen LogP contribution in [0.4, 0.5) is 0 Å². The van der Waals surface area contributed by atoms with Gasteiger partial charge in [-0.3, -0.25) is 4.79 Å². The molecule has 2 aromatic heterocycles. The molecular weight excluding hydrogens is 497 g/mol. The molecule has 1 aliphatic heterocycles. The molecule has 174 valence electrons. The normalized spacial score (nSPS) is 18.4. The van der Waals surface area contributed by atoms with Crippen molar-refractivity contribution in [3.63, 3.8) is 0 Å². The number of hydrogen-bond acceptors (Lipinski definition) is 6. The molecule has 34 heavy (non-hydrogen) atoms. The second-order valence-corrected chi connectivity index (χ2v) is 9.34. The highest BCUT2D eigenvalue weighted by atomic mass is 35.5. The molecule has 7 nitrogen and oxygen atoms in total. The van der Waals surface area contributed by atoms with E-state index < -0.39 is 0 Å². The second-order valence-electron chi connectivity index (χ2n) is 8.16. The van der Waals surface area contributed by atoms with Gasteiger partial charge in [0, 0.05) is 37.2 Å². The third kappa shape index (κ3) is 5.10. The Morgan fingerprint density at radius 3 is 2.62 bits per heavy atom. The Hall–Kier alpha value is -2.92. The summed E-state index contributed by atoms with van der Waals surface area (Å²) in [5.74, 6) is 0.0375. The van der Waals surface area contributed by atoms with Crippen LogP contribution in [0.25, 0.3) is 0 Å². The zero-order valence-corrected chi connectivity index (χ0v) is 20.6. The van der Waals surface area contributed by atoms with E-state index in [0.29, 0.717) is 45.8 Å². The molecule has 0 saturated carbocycles. The molecule has 0 radical (unpaired) electrons. The van der Waals surface area contributed by atoms with Gasteiger partial charge in [-0.25, -0.2) is 4.98 Å². The van der Waals surface area contributed by atoms with Gasteiger partial charge in [-0.2, -0.15) is 10.4 Å². The number of nitrogens with zero attached hydrogens (tertiary/aromatic N) is 5. The highest BCUT2D eigenvalue weighted by Crippen LogP contribution is 2.39. The fourth-order valence-electron chi connectivity index (χ4n) is 4.15. The summed E-state index contributed by atoms with van der Waals surface area (Å²) in [5, 5.41) is 17.7. The molecule has 0 N–H and O–H groups in total. The van der Waals surface area contributed by atoms with Gasteiger partial charge in [0.15, 0.2) is 5.15 Å². The maximum Gasteiger partial charge on any atom is 0.257 e. The number of amides is 1. The predicted molar refractivity (Wildman–Crippen MR) is 129 cm³/mol. The van der Waals surface area contributed by atoms with Crippen molar-refractivity contribution in [2.45, 2.75) is 25.9 Å². The Labute approximate surface area is 212 Å². The number of carbonyl (C=O) groups excluding carboxylic acids is 1. The molecular formula is C24H20Cl3N5O2. The summed E-state index contributed by atoms with van der Waals surface area (Å²) in [6, 6.07) is 12.5. The zero-order chi connectivity index (χ0) is 24.4. The van der Waals surface area contributed by atoms with Gasteiger partial charge in [-0.05, 0) is 43.7 Å². The van der Waals surface area contributed by atoms with E-state index >= 15 is 0 Å². The number of aromatic nitrogens is 3. The molecule has 1 aromatic carbocycles. The smallest absolute Gasteiger partial charge is 0.257 e. The minimum Gasteiger partial charge on any atom is -0.474 e. The summed E-state index contributed by atoms with van der Waals surface area (Å²) >= 11 is 18.6. The van der Waals surface area contributed by atoms with Crippen LogP contribution < -0.4 is 4.74 Å². The van der Waals surface area contributed by atoms with Gasteiger partial charge in [0.2, 0.25) is 5.88 Å². The van der Waals surface area contributed by atoms with Crippen LogP contribution in [-0.2, 0) is 0 Å². The molecule has 4 rings (SSSR count). The highest BCUT2D eigenvalue weighted by Gasteiger charge is 2.41. The van der Waals surface area contributed by atoms with Crippen LogP contribution in [0.5, 0.6) is 5.88 Å². The predicted octanol–water partition coefficient (Wildman–Crippen LogP) is 5.34. The van der Waals surface area contributed by atoms with Crippen LogP contribution in [-0.4, -0.2) is 45.2 Å². The van der Waals surface area contributed by atoms with Crippen molar-refractivity contribution >= 4 is 40.7 Å². The van der Waals surface area contributed by atoms with E-state index in [2.05, 4.69) is 15.2 Å². The minimum absolute atomic E-state index is 0.0659. The average Bonchev–Trinajstić information content (AvgIpc) is 3.28. The standard InChI is InChI=1S/C24H20Cl3N5O2/c1-13-7-17(23(27)31-30-13)24(33)32-11-18(14(2)34-22-6-3-15(9-28)10-29-22)19(12-32)16-4-5-20(25)21(26)8-16/h3-8,10,14,18-19H,11-12H2,1-2H3/t14-,18+,19+/m0/s1. The number of aryl methyl sites for hydroxylation is 1. The Bertz CT molecular complexity index is 1260. The van der Waals surface area contributed by atoms with Crippen molar-refractivity contribution in [2.24, 2.45) is 5.92 Å². The van der Waals surface area contributed by atoms with Gasteiger partial charge >= 0.3 is 0 Å². The number of halogens is 3.